The molecule has 0 atom stereocenters. The summed E-state index contributed by atoms with van der Waals surface area (Å²) in [7, 11) is 1.28. The Bertz CT molecular complexity index is 1250. The molecule has 0 bridgehead atoms. The molecule has 0 spiro atoms. The van der Waals surface area contributed by atoms with Crippen LogP contribution in [0, 0.1) is 23.3 Å². The molecule has 0 aliphatic rings. The molecule has 3 aromatic rings. The van der Waals surface area contributed by atoms with Crippen LogP contribution in [0.3, 0.4) is 0 Å². The number of nitrogens with two attached hydrogens (primary N) is 3. The van der Waals surface area contributed by atoms with E-state index in [0.717, 1.165) is 41.3 Å². The zero-order chi connectivity index (χ0) is 25.9. The lowest BCUT2D eigenvalue weighted by molar-refractivity contribution is 0.0928. The molecule has 1 heterocycles. The average Bonchev–Trinajstić information content (AvgIpc) is 2.79. The Labute approximate surface area is 196 Å². The second-order valence-electron chi connectivity index (χ2n) is 7.20. The van der Waals surface area contributed by atoms with Crippen LogP contribution < -0.4 is 22.1 Å². The van der Waals surface area contributed by atoms with Crippen molar-refractivity contribution >= 4 is 23.6 Å². The summed E-state index contributed by atoms with van der Waals surface area (Å²) in [5.74, 6) is -4.51. The van der Waals surface area contributed by atoms with E-state index in [4.69, 9.17) is 21.9 Å². The van der Waals surface area contributed by atoms with Gasteiger partial charge in [-0.05, 0) is 36.4 Å². The number of nitrogens with zero attached hydrogens (tertiary/aromatic N) is 3. The van der Waals surface area contributed by atoms with Crippen molar-refractivity contribution < 1.29 is 31.9 Å². The number of ether oxygens (including phenoxy) is 1. The molecule has 3 amide bonds. The molecule has 0 unspecified atom stereocenters. The molecule has 184 valence electrons. The molecule has 13 heteroatoms. The number of amides is 3. The highest BCUT2D eigenvalue weighted by molar-refractivity contribution is 5.98. The molecule has 0 aliphatic heterocycles. The SMILES string of the molecule is CN(C(=O)OCc1ccc(N(C(N)=O)c2c(F)cccc2F)nc1-c1ccc(F)cc1F)C(N)N. The maximum atomic E-state index is 14.6. The van der Waals surface area contributed by atoms with Crippen molar-refractivity contribution in [1.82, 2.24) is 9.88 Å². The smallest absolute Gasteiger partial charge is 0.412 e. The Kier molecular flexibility index (Phi) is 7.52. The maximum Gasteiger partial charge on any atom is 0.412 e. The first-order chi connectivity index (χ1) is 16.5. The van der Waals surface area contributed by atoms with Crippen LogP contribution >= 0.6 is 0 Å². The topological polar surface area (TPSA) is 141 Å². The lowest BCUT2D eigenvalue weighted by atomic mass is 10.1. The van der Waals surface area contributed by atoms with Gasteiger partial charge < -0.3 is 10.5 Å². The number of hydrogen-bond donors (Lipinski definition) is 3. The number of aromatic nitrogens is 1. The number of hydrogen-bond acceptors (Lipinski definition) is 6. The summed E-state index contributed by atoms with van der Waals surface area (Å²) in [6.45, 7) is -0.472. The third-order valence-corrected chi connectivity index (χ3v) is 4.85. The van der Waals surface area contributed by atoms with E-state index >= 15 is 0 Å². The van der Waals surface area contributed by atoms with Crippen molar-refractivity contribution in [3.05, 3.63) is 77.4 Å². The summed E-state index contributed by atoms with van der Waals surface area (Å²) in [6, 6.07) is 6.63. The van der Waals surface area contributed by atoms with Crippen molar-refractivity contribution in [2.75, 3.05) is 11.9 Å². The largest absolute Gasteiger partial charge is 0.444 e. The van der Waals surface area contributed by atoms with E-state index in [9.17, 15) is 27.2 Å². The minimum Gasteiger partial charge on any atom is -0.444 e. The standard InChI is InChI=1S/C22H20F4N6O3/c1-31(20(27)28)22(34)35-10-11-5-8-17(30-18(11)13-7-6-12(23)9-16(13)26)32(21(29)33)19-14(24)3-2-4-15(19)25/h2-9,20H,10,27-28H2,1H3,(H2,29,33). The van der Waals surface area contributed by atoms with Gasteiger partial charge in [0, 0.05) is 24.2 Å². The predicted molar refractivity (Wildman–Crippen MR) is 118 cm³/mol. The van der Waals surface area contributed by atoms with Gasteiger partial charge in [0.2, 0.25) is 0 Å². The number of halogens is 4. The first kappa shape index (κ1) is 25.4. The quantitative estimate of drug-likeness (QED) is 0.356. The minimum absolute atomic E-state index is 0.102. The monoisotopic (exact) mass is 492 g/mol. The molecule has 1 aromatic heterocycles. The molecular weight excluding hydrogens is 472 g/mol. The fraction of sp³-hybridized carbons (Fsp3) is 0.136. The number of primary amides is 1. The Hall–Kier alpha value is -4.23. The Morgan fingerprint density at radius 2 is 1.66 bits per heavy atom. The van der Waals surface area contributed by atoms with Crippen molar-refractivity contribution in [3.63, 3.8) is 0 Å². The first-order valence-electron chi connectivity index (χ1n) is 9.91. The number of urea groups is 1. The third-order valence-electron chi connectivity index (χ3n) is 4.85. The van der Waals surface area contributed by atoms with Gasteiger partial charge in [-0.1, -0.05) is 6.07 Å². The van der Waals surface area contributed by atoms with Gasteiger partial charge in [-0.15, -0.1) is 0 Å². The van der Waals surface area contributed by atoms with Crippen LogP contribution in [0.5, 0.6) is 0 Å². The maximum absolute atomic E-state index is 14.6. The van der Waals surface area contributed by atoms with E-state index < -0.39 is 54.0 Å². The predicted octanol–water partition coefficient (Wildman–Crippen LogP) is 3.29. The van der Waals surface area contributed by atoms with Gasteiger partial charge in [-0.2, -0.15) is 0 Å². The highest BCUT2D eigenvalue weighted by atomic mass is 19.1. The van der Waals surface area contributed by atoms with Gasteiger partial charge >= 0.3 is 12.1 Å². The molecule has 0 saturated heterocycles. The van der Waals surface area contributed by atoms with Crippen molar-refractivity contribution in [1.29, 1.82) is 0 Å². The van der Waals surface area contributed by atoms with Gasteiger partial charge in [0.25, 0.3) is 0 Å². The van der Waals surface area contributed by atoms with E-state index in [1.807, 2.05) is 0 Å². The molecule has 0 aliphatic carbocycles. The number of rotatable bonds is 6. The lowest BCUT2D eigenvalue weighted by Gasteiger charge is -2.23. The number of anilines is 2. The number of carbonyl (C=O) groups is 2. The Morgan fingerprint density at radius 3 is 2.23 bits per heavy atom. The summed E-state index contributed by atoms with van der Waals surface area (Å²) >= 11 is 0. The molecular formula is C22H20F4N6O3. The average molecular weight is 492 g/mol. The van der Waals surface area contributed by atoms with Crippen LogP contribution in [0.25, 0.3) is 11.3 Å². The number of benzene rings is 2. The molecule has 9 nitrogen and oxygen atoms in total. The molecule has 3 rings (SSSR count). The highest BCUT2D eigenvalue weighted by Gasteiger charge is 2.26. The van der Waals surface area contributed by atoms with Crippen LogP contribution in [0.15, 0.2) is 48.5 Å². The van der Waals surface area contributed by atoms with Crippen molar-refractivity contribution in [2.45, 2.75) is 12.9 Å². The second kappa shape index (κ2) is 10.4. The highest BCUT2D eigenvalue weighted by Crippen LogP contribution is 2.33. The fourth-order valence-corrected chi connectivity index (χ4v) is 3.04. The normalized spacial score (nSPS) is 10.9. The number of pyridine rings is 1. The van der Waals surface area contributed by atoms with E-state index in [1.54, 1.807) is 0 Å². The van der Waals surface area contributed by atoms with Crippen LogP contribution in [0.4, 0.5) is 38.7 Å². The number of para-hydroxylation sites is 1. The van der Waals surface area contributed by atoms with E-state index in [2.05, 4.69) is 4.98 Å². The van der Waals surface area contributed by atoms with Crippen LogP contribution in [-0.2, 0) is 11.3 Å². The second-order valence-corrected chi connectivity index (χ2v) is 7.20. The van der Waals surface area contributed by atoms with E-state index in [1.165, 1.54) is 13.1 Å². The molecule has 0 fully saturated rings. The van der Waals surface area contributed by atoms with Gasteiger partial charge in [0.15, 0.2) is 0 Å². The van der Waals surface area contributed by atoms with Gasteiger partial charge in [-0.3, -0.25) is 16.4 Å². The first-order valence-corrected chi connectivity index (χ1v) is 9.91. The van der Waals surface area contributed by atoms with Gasteiger partial charge in [-0.25, -0.2) is 37.0 Å². The molecule has 0 radical (unpaired) electrons. The summed E-state index contributed by atoms with van der Waals surface area (Å²) in [6.07, 6.45) is -2.07. The Morgan fingerprint density at radius 1 is 1.00 bits per heavy atom. The number of carbonyl (C=O) groups excluding carboxylic acids is 2. The van der Waals surface area contributed by atoms with E-state index in [-0.39, 0.29) is 22.6 Å². The summed E-state index contributed by atoms with van der Waals surface area (Å²) in [5.41, 5.74) is 15.0. The molecule has 0 saturated carbocycles. The summed E-state index contributed by atoms with van der Waals surface area (Å²) in [4.78, 5) is 29.7. The van der Waals surface area contributed by atoms with Crippen LogP contribution in [0.2, 0.25) is 0 Å². The minimum atomic E-state index is -1.29. The fourth-order valence-electron chi connectivity index (χ4n) is 3.04. The zero-order valence-corrected chi connectivity index (χ0v) is 18.2. The molecule has 2 aromatic carbocycles. The molecule has 35 heavy (non-hydrogen) atoms. The van der Waals surface area contributed by atoms with Crippen molar-refractivity contribution in [2.24, 2.45) is 17.2 Å². The Balaban J connectivity index is 2.13. The molecule has 6 N–H and O–H groups in total. The zero-order valence-electron chi connectivity index (χ0n) is 18.2. The van der Waals surface area contributed by atoms with Crippen molar-refractivity contribution in [3.8, 4) is 11.3 Å². The summed E-state index contributed by atoms with van der Waals surface area (Å²) in [5, 5.41) is 0. The van der Waals surface area contributed by atoms with Gasteiger partial charge in [0.05, 0.1) is 5.69 Å². The van der Waals surface area contributed by atoms with Gasteiger partial charge in [0.1, 0.15) is 47.7 Å². The summed E-state index contributed by atoms with van der Waals surface area (Å²) < 4.78 is 62.1. The third kappa shape index (κ3) is 5.47. The van der Waals surface area contributed by atoms with E-state index in [0.29, 0.717) is 11.0 Å². The lowest BCUT2D eigenvalue weighted by Crippen LogP contribution is -2.49. The van der Waals surface area contributed by atoms with Crippen LogP contribution in [0.1, 0.15) is 5.56 Å². The van der Waals surface area contributed by atoms with Crippen LogP contribution in [-0.4, -0.2) is 35.3 Å².